The fraction of sp³-hybridized carbons (Fsp3) is 0.0606. The fourth-order valence-electron chi connectivity index (χ4n) is 12.5. The highest BCUT2D eigenvalue weighted by molar-refractivity contribution is 6.06. The van der Waals surface area contributed by atoms with Crippen molar-refractivity contribution >= 4 is 60.5 Å². The number of hydrogen-bond donors (Lipinski definition) is 0. The van der Waals surface area contributed by atoms with Gasteiger partial charge in [0.1, 0.15) is 22.7 Å². The van der Waals surface area contributed by atoms with Gasteiger partial charge in [-0.25, -0.2) is 0 Å². The van der Waals surface area contributed by atoms with Crippen molar-refractivity contribution in [3.63, 3.8) is 0 Å². The van der Waals surface area contributed by atoms with Crippen LogP contribution in [0.25, 0.3) is 76.9 Å². The summed E-state index contributed by atoms with van der Waals surface area (Å²) >= 11 is 0. The van der Waals surface area contributed by atoms with Gasteiger partial charge in [0.05, 0.1) is 5.41 Å². The molecule has 0 N–H and O–H groups in total. The number of benzene rings is 11. The molecule has 0 amide bonds. The minimum absolute atomic E-state index is 0.109. The van der Waals surface area contributed by atoms with E-state index in [1.807, 2.05) is 12.1 Å². The molecule has 3 nitrogen and oxygen atoms in total. The highest BCUT2D eigenvalue weighted by atomic mass is 16.5. The molecule has 0 atom stereocenters. The third kappa shape index (κ3) is 5.22. The van der Waals surface area contributed by atoms with Crippen LogP contribution in [0.15, 0.2) is 229 Å². The summed E-state index contributed by atoms with van der Waals surface area (Å²) in [6.45, 7) is 4.70. The Bertz CT molecular complexity index is 4070. The molecule has 0 saturated heterocycles. The minimum Gasteiger partial charge on any atom is -0.456 e. The van der Waals surface area contributed by atoms with E-state index in [2.05, 4.69) is 231 Å². The van der Waals surface area contributed by atoms with Crippen molar-refractivity contribution in [2.75, 3.05) is 4.90 Å². The second-order valence-corrected chi connectivity index (χ2v) is 19.5. The Hall–Kier alpha value is -8.66. The average Bonchev–Trinajstić information content (AvgIpc) is 3.99. The molecular formula is C66H43NO2. The maximum atomic E-state index is 7.30. The van der Waals surface area contributed by atoms with Gasteiger partial charge in [0, 0.05) is 55.1 Å². The highest BCUT2D eigenvalue weighted by Crippen LogP contribution is 2.64. The van der Waals surface area contributed by atoms with Gasteiger partial charge in [-0.05, 0) is 121 Å². The van der Waals surface area contributed by atoms with E-state index in [0.29, 0.717) is 0 Å². The first-order valence-corrected chi connectivity index (χ1v) is 24.0. The molecule has 0 fully saturated rings. The Morgan fingerprint density at radius 1 is 0.333 bits per heavy atom. The zero-order valence-corrected chi connectivity index (χ0v) is 38.1. The SMILES string of the molecule is CC1(C)c2ccccc2-c2cc(N(c3ccc(-c4ccc5c(c4)oc4ccccc45)cc3)c3ccc4c(c3)C3(c5ccccc5-4)c4ccc5ccccc5c4Oc4c3ccc3ccccc43)ccc21. The van der Waals surface area contributed by atoms with Gasteiger partial charge < -0.3 is 14.1 Å². The fourth-order valence-corrected chi connectivity index (χ4v) is 12.5. The zero-order chi connectivity index (χ0) is 45.6. The Labute approximate surface area is 400 Å². The molecule has 15 rings (SSSR count). The van der Waals surface area contributed by atoms with Crippen molar-refractivity contribution in [2.45, 2.75) is 24.7 Å². The van der Waals surface area contributed by atoms with E-state index in [9.17, 15) is 0 Å². The van der Waals surface area contributed by atoms with Gasteiger partial charge in [-0.3, -0.25) is 0 Å². The Morgan fingerprint density at radius 3 is 1.59 bits per heavy atom. The third-order valence-electron chi connectivity index (χ3n) is 15.7. The van der Waals surface area contributed by atoms with Crippen molar-refractivity contribution in [1.29, 1.82) is 0 Å². The second-order valence-electron chi connectivity index (χ2n) is 19.5. The Balaban J connectivity index is 0.970. The largest absolute Gasteiger partial charge is 0.456 e. The normalized spacial score (nSPS) is 14.3. The van der Waals surface area contributed by atoms with Crippen LogP contribution in [0.2, 0.25) is 0 Å². The Morgan fingerprint density at radius 2 is 0.855 bits per heavy atom. The Kier molecular flexibility index (Phi) is 7.77. The van der Waals surface area contributed by atoms with Gasteiger partial charge in [-0.1, -0.05) is 184 Å². The van der Waals surface area contributed by atoms with E-state index >= 15 is 0 Å². The van der Waals surface area contributed by atoms with Gasteiger partial charge in [0.2, 0.25) is 0 Å². The standard InChI is InChI=1S/C66H43NO2/c1-65(2)55-20-10-7-18-50(55)54-38-45(31-36-56(54)65)67(44-28-23-40(24-29-44)43-25-32-53-52-19-9-12-22-61(52)68-62(53)37-43)46-30-33-51-49-17-8-11-21-57(49)66(60(51)39-46)58-34-26-41-13-3-5-15-47(41)63(58)69-64-48-16-6-4-14-42(48)27-35-59(64)66/h3-39H,1-2H3. The molecule has 2 aliphatic carbocycles. The van der Waals surface area contributed by atoms with Crippen LogP contribution in [-0.4, -0.2) is 0 Å². The minimum atomic E-state index is -0.676. The molecule has 3 heteroatoms. The van der Waals surface area contributed by atoms with Crippen LogP contribution < -0.4 is 9.64 Å². The van der Waals surface area contributed by atoms with Crippen molar-refractivity contribution in [1.82, 2.24) is 0 Å². The lowest BCUT2D eigenvalue weighted by atomic mass is 9.65. The first kappa shape index (κ1) is 38.4. The number of nitrogens with zero attached hydrogens (tertiary/aromatic N) is 1. The molecule has 69 heavy (non-hydrogen) atoms. The predicted octanol–water partition coefficient (Wildman–Crippen LogP) is 17.8. The molecule has 11 aromatic carbocycles. The van der Waals surface area contributed by atoms with Gasteiger partial charge >= 0.3 is 0 Å². The third-order valence-corrected chi connectivity index (χ3v) is 15.7. The van der Waals surface area contributed by atoms with Crippen molar-refractivity contribution < 1.29 is 9.15 Å². The summed E-state index contributed by atoms with van der Waals surface area (Å²) in [4.78, 5) is 2.46. The number of fused-ring (bicyclic) bond motifs is 19. The molecule has 0 saturated carbocycles. The lowest BCUT2D eigenvalue weighted by Crippen LogP contribution is -2.32. The van der Waals surface area contributed by atoms with Crippen molar-refractivity contribution in [2.24, 2.45) is 0 Å². The summed E-state index contributed by atoms with van der Waals surface area (Å²) in [6, 6.07) is 82.6. The number of rotatable bonds is 4. The highest BCUT2D eigenvalue weighted by Gasteiger charge is 2.52. The van der Waals surface area contributed by atoms with Gasteiger partial charge in [-0.2, -0.15) is 0 Å². The van der Waals surface area contributed by atoms with Crippen LogP contribution in [0, 0.1) is 0 Å². The summed E-state index contributed by atoms with van der Waals surface area (Å²) in [5.74, 6) is 1.83. The maximum absolute atomic E-state index is 7.30. The van der Waals surface area contributed by atoms with Crippen LogP contribution in [0.5, 0.6) is 11.5 Å². The maximum Gasteiger partial charge on any atom is 0.140 e. The summed E-state index contributed by atoms with van der Waals surface area (Å²) in [5.41, 5.74) is 19.1. The summed E-state index contributed by atoms with van der Waals surface area (Å²) in [6.07, 6.45) is 0. The first-order valence-electron chi connectivity index (χ1n) is 24.0. The van der Waals surface area contributed by atoms with E-state index < -0.39 is 5.41 Å². The van der Waals surface area contributed by atoms with Crippen LogP contribution in [-0.2, 0) is 10.8 Å². The second kappa shape index (κ2) is 13.9. The lowest BCUT2D eigenvalue weighted by Gasteiger charge is -2.40. The molecule has 0 unspecified atom stereocenters. The number of anilines is 3. The van der Waals surface area contributed by atoms with E-state index in [0.717, 1.165) is 94.3 Å². The van der Waals surface area contributed by atoms with Gasteiger partial charge in [0.25, 0.3) is 0 Å². The van der Waals surface area contributed by atoms with Gasteiger partial charge in [-0.15, -0.1) is 0 Å². The molecule has 12 aromatic rings. The van der Waals surface area contributed by atoms with Crippen LogP contribution in [0.4, 0.5) is 17.1 Å². The van der Waals surface area contributed by atoms with Crippen molar-refractivity contribution in [3.8, 4) is 44.9 Å². The number of ether oxygens (including phenoxy) is 1. The smallest absolute Gasteiger partial charge is 0.140 e. The van der Waals surface area contributed by atoms with Crippen LogP contribution >= 0.6 is 0 Å². The number of furan rings is 1. The molecule has 0 radical (unpaired) electrons. The van der Waals surface area contributed by atoms with E-state index in [1.54, 1.807) is 0 Å². The van der Waals surface area contributed by atoms with Crippen molar-refractivity contribution in [3.05, 3.63) is 258 Å². The monoisotopic (exact) mass is 881 g/mol. The van der Waals surface area contributed by atoms with Gasteiger partial charge in [0.15, 0.2) is 0 Å². The average molecular weight is 882 g/mol. The van der Waals surface area contributed by atoms with E-state index in [1.165, 1.54) is 44.5 Å². The number of para-hydroxylation sites is 1. The molecule has 1 aromatic heterocycles. The zero-order valence-electron chi connectivity index (χ0n) is 38.1. The van der Waals surface area contributed by atoms with E-state index in [-0.39, 0.29) is 5.41 Å². The van der Waals surface area contributed by atoms with Crippen LogP contribution in [0.3, 0.4) is 0 Å². The molecule has 2 heterocycles. The summed E-state index contributed by atoms with van der Waals surface area (Å²) < 4.78 is 13.6. The molecule has 324 valence electrons. The molecular weight excluding hydrogens is 839 g/mol. The first-order chi connectivity index (χ1) is 33.9. The summed E-state index contributed by atoms with van der Waals surface area (Å²) in [5, 5.41) is 6.80. The number of hydrogen-bond acceptors (Lipinski definition) is 3. The summed E-state index contributed by atoms with van der Waals surface area (Å²) in [7, 11) is 0. The lowest BCUT2D eigenvalue weighted by molar-refractivity contribution is 0.447. The van der Waals surface area contributed by atoms with E-state index in [4.69, 9.17) is 9.15 Å². The predicted molar refractivity (Wildman–Crippen MR) is 284 cm³/mol. The van der Waals surface area contributed by atoms with Crippen LogP contribution in [0.1, 0.15) is 47.2 Å². The molecule has 1 spiro atoms. The topological polar surface area (TPSA) is 25.6 Å². The molecule has 0 bridgehead atoms. The molecule has 1 aliphatic heterocycles. The quantitative estimate of drug-likeness (QED) is 0.176. The molecule has 3 aliphatic rings.